The van der Waals surface area contributed by atoms with Crippen molar-refractivity contribution in [3.63, 3.8) is 0 Å². The summed E-state index contributed by atoms with van der Waals surface area (Å²) in [6.07, 6.45) is 0. The Bertz CT molecular complexity index is 1210. The zero-order valence-electron chi connectivity index (χ0n) is 16.2. The Labute approximate surface area is 177 Å². The zero-order chi connectivity index (χ0) is 20.9. The number of hydrogen-bond donors (Lipinski definition) is 1. The lowest BCUT2D eigenvalue weighted by Crippen LogP contribution is -2.12. The van der Waals surface area contributed by atoms with E-state index in [2.05, 4.69) is 10.2 Å². The molecule has 150 valence electrons. The van der Waals surface area contributed by atoms with Crippen molar-refractivity contribution in [1.29, 1.82) is 5.41 Å². The van der Waals surface area contributed by atoms with Gasteiger partial charge in [-0.25, -0.2) is 4.39 Å². The first kappa shape index (κ1) is 19.7. The summed E-state index contributed by atoms with van der Waals surface area (Å²) in [7, 11) is 0. The van der Waals surface area contributed by atoms with E-state index in [1.54, 1.807) is 16.7 Å². The predicted octanol–water partition coefficient (Wildman–Crippen LogP) is 6.64. The summed E-state index contributed by atoms with van der Waals surface area (Å²) in [4.78, 5) is 0.292. The number of hydrogen-bond acceptors (Lipinski definition) is 5. The van der Waals surface area contributed by atoms with Crippen molar-refractivity contribution in [3.05, 3.63) is 89.5 Å². The summed E-state index contributed by atoms with van der Waals surface area (Å²) >= 11 is 1.21. The maximum Gasteiger partial charge on any atom is 0.189 e. The Balaban J connectivity index is 1.85. The first-order chi connectivity index (χ1) is 14.7. The molecule has 3 aromatic carbocycles. The van der Waals surface area contributed by atoms with Crippen molar-refractivity contribution in [2.75, 3.05) is 6.61 Å². The molecule has 7 heteroatoms. The van der Waals surface area contributed by atoms with Gasteiger partial charge < -0.3 is 4.74 Å². The molecule has 0 aliphatic carbocycles. The second-order valence-corrected chi connectivity index (χ2v) is 7.34. The van der Waals surface area contributed by atoms with Gasteiger partial charge in [-0.05, 0) is 67.6 Å². The van der Waals surface area contributed by atoms with E-state index in [1.165, 1.54) is 23.5 Å². The van der Waals surface area contributed by atoms with Gasteiger partial charge in [0.15, 0.2) is 9.80 Å². The molecule has 0 radical (unpaired) electrons. The monoisotopic (exact) mass is 418 g/mol. The molecule has 0 saturated carbocycles. The van der Waals surface area contributed by atoms with Crippen LogP contribution in [0.1, 0.15) is 6.92 Å². The maximum atomic E-state index is 13.5. The van der Waals surface area contributed by atoms with Crippen molar-refractivity contribution in [3.8, 4) is 22.7 Å². The highest BCUT2D eigenvalue weighted by Crippen LogP contribution is 2.36. The number of azo groups is 1. The lowest BCUT2D eigenvalue weighted by atomic mass is 10.1. The molecule has 4 rings (SSSR count). The van der Waals surface area contributed by atoms with Crippen LogP contribution in [-0.2, 0) is 0 Å². The molecule has 4 aromatic rings. The number of nitrogens with one attached hydrogen (secondary N) is 1. The van der Waals surface area contributed by atoms with Gasteiger partial charge in [0.25, 0.3) is 0 Å². The predicted molar refractivity (Wildman–Crippen MR) is 117 cm³/mol. The van der Waals surface area contributed by atoms with Gasteiger partial charge in [-0.2, -0.15) is 0 Å². The summed E-state index contributed by atoms with van der Waals surface area (Å²) in [6, 6.07) is 23.1. The summed E-state index contributed by atoms with van der Waals surface area (Å²) in [5, 5.41) is 17.9. The average Bonchev–Trinajstić information content (AvgIpc) is 3.10. The van der Waals surface area contributed by atoms with E-state index in [-0.39, 0.29) is 5.82 Å². The number of rotatable bonds is 6. The van der Waals surface area contributed by atoms with Crippen LogP contribution < -0.4 is 9.54 Å². The molecule has 0 spiro atoms. The SMILES string of the molecule is CCOc1ccc(-n2c(-c3ccc(F)cc3)c(N=Nc3ccccc3)sc2=N)cc1. The molecule has 0 unspecified atom stereocenters. The molecule has 0 aliphatic rings. The fourth-order valence-electron chi connectivity index (χ4n) is 3.01. The highest BCUT2D eigenvalue weighted by Gasteiger charge is 2.17. The Morgan fingerprint density at radius 2 is 1.63 bits per heavy atom. The fourth-order valence-corrected chi connectivity index (χ4v) is 3.87. The lowest BCUT2D eigenvalue weighted by Gasteiger charge is -2.11. The normalized spacial score (nSPS) is 11.1. The first-order valence-corrected chi connectivity index (χ1v) is 10.2. The third kappa shape index (κ3) is 4.21. The van der Waals surface area contributed by atoms with Crippen molar-refractivity contribution >= 4 is 22.0 Å². The average molecular weight is 418 g/mol. The summed E-state index contributed by atoms with van der Waals surface area (Å²) < 4.78 is 20.8. The molecule has 1 N–H and O–H groups in total. The van der Waals surface area contributed by atoms with Crippen LogP contribution in [0, 0.1) is 11.2 Å². The quantitative estimate of drug-likeness (QED) is 0.351. The summed E-state index contributed by atoms with van der Waals surface area (Å²) in [6.45, 7) is 2.51. The van der Waals surface area contributed by atoms with Crippen LogP contribution in [0.3, 0.4) is 0 Å². The summed E-state index contributed by atoms with van der Waals surface area (Å²) in [5.74, 6) is 0.441. The molecule has 1 heterocycles. The smallest absolute Gasteiger partial charge is 0.189 e. The van der Waals surface area contributed by atoms with Gasteiger partial charge in [-0.1, -0.05) is 29.5 Å². The second-order valence-electron chi connectivity index (χ2n) is 6.37. The van der Waals surface area contributed by atoms with E-state index in [9.17, 15) is 4.39 Å². The Morgan fingerprint density at radius 3 is 2.30 bits per heavy atom. The van der Waals surface area contributed by atoms with Gasteiger partial charge in [0.2, 0.25) is 0 Å². The standard InChI is InChI=1S/C23H19FN4OS/c1-2-29-20-14-12-19(13-15-20)28-21(16-8-10-17(24)11-9-16)22(30-23(28)25)27-26-18-6-4-3-5-7-18/h3-15,25H,2H2,1H3. The summed E-state index contributed by atoms with van der Waals surface area (Å²) in [5.41, 5.74) is 2.95. The van der Waals surface area contributed by atoms with Crippen LogP contribution in [0.25, 0.3) is 16.9 Å². The van der Waals surface area contributed by atoms with E-state index in [0.717, 1.165) is 22.7 Å². The third-order valence-electron chi connectivity index (χ3n) is 4.36. The van der Waals surface area contributed by atoms with Crippen molar-refractivity contribution in [2.45, 2.75) is 6.92 Å². The molecular formula is C23H19FN4OS. The van der Waals surface area contributed by atoms with Gasteiger partial charge in [-0.3, -0.25) is 9.98 Å². The number of nitrogens with zero attached hydrogens (tertiary/aromatic N) is 3. The molecule has 0 fully saturated rings. The minimum Gasteiger partial charge on any atom is -0.494 e. The van der Waals surface area contributed by atoms with E-state index >= 15 is 0 Å². The highest BCUT2D eigenvalue weighted by molar-refractivity contribution is 7.13. The van der Waals surface area contributed by atoms with E-state index in [4.69, 9.17) is 10.1 Å². The van der Waals surface area contributed by atoms with Crippen molar-refractivity contribution < 1.29 is 9.13 Å². The molecule has 0 bridgehead atoms. The van der Waals surface area contributed by atoms with Gasteiger partial charge >= 0.3 is 0 Å². The molecular weight excluding hydrogens is 399 g/mol. The van der Waals surface area contributed by atoms with E-state index in [0.29, 0.717) is 22.1 Å². The van der Waals surface area contributed by atoms with Gasteiger partial charge in [0.05, 0.1) is 18.0 Å². The lowest BCUT2D eigenvalue weighted by molar-refractivity contribution is 0.340. The number of benzene rings is 3. The first-order valence-electron chi connectivity index (χ1n) is 9.42. The van der Waals surface area contributed by atoms with Crippen LogP contribution in [0.4, 0.5) is 15.1 Å². The molecule has 5 nitrogen and oxygen atoms in total. The Morgan fingerprint density at radius 1 is 0.933 bits per heavy atom. The van der Waals surface area contributed by atoms with Crippen LogP contribution in [0.15, 0.2) is 89.1 Å². The number of ether oxygens (including phenoxy) is 1. The number of aromatic nitrogens is 1. The van der Waals surface area contributed by atoms with Crippen molar-refractivity contribution in [1.82, 2.24) is 4.57 Å². The molecule has 0 atom stereocenters. The minimum absolute atomic E-state index is 0.292. The Hall–Kier alpha value is -3.58. The van der Waals surface area contributed by atoms with Crippen LogP contribution >= 0.6 is 11.3 Å². The number of halogens is 1. The molecule has 1 aromatic heterocycles. The molecule has 30 heavy (non-hydrogen) atoms. The molecule has 0 saturated heterocycles. The molecule has 0 aliphatic heterocycles. The van der Waals surface area contributed by atoms with E-state index < -0.39 is 0 Å². The zero-order valence-corrected chi connectivity index (χ0v) is 17.1. The molecule has 0 amide bonds. The van der Waals surface area contributed by atoms with Crippen LogP contribution in [-0.4, -0.2) is 11.2 Å². The van der Waals surface area contributed by atoms with Gasteiger partial charge in [0.1, 0.15) is 11.6 Å². The third-order valence-corrected chi connectivity index (χ3v) is 5.20. The fraction of sp³-hybridized carbons (Fsp3) is 0.0870. The van der Waals surface area contributed by atoms with E-state index in [1.807, 2.05) is 61.5 Å². The van der Waals surface area contributed by atoms with Crippen LogP contribution in [0.5, 0.6) is 5.75 Å². The largest absolute Gasteiger partial charge is 0.494 e. The van der Waals surface area contributed by atoms with Gasteiger partial charge in [-0.15, -0.1) is 10.2 Å². The van der Waals surface area contributed by atoms with Crippen molar-refractivity contribution in [2.24, 2.45) is 10.2 Å². The minimum atomic E-state index is -0.319. The number of thiazole rings is 1. The topological polar surface area (TPSA) is 62.7 Å². The van der Waals surface area contributed by atoms with Gasteiger partial charge in [0, 0.05) is 11.3 Å². The maximum absolute atomic E-state index is 13.5. The van der Waals surface area contributed by atoms with Crippen LogP contribution in [0.2, 0.25) is 0 Å². The second kappa shape index (κ2) is 8.84. The Kier molecular flexibility index (Phi) is 5.81. The highest BCUT2D eigenvalue weighted by atomic mass is 32.1.